The Morgan fingerprint density at radius 1 is 1.24 bits per heavy atom. The summed E-state index contributed by atoms with van der Waals surface area (Å²) in [6.07, 6.45) is 6.17. The SMILES string of the molecule is CCOC(C)c1noc(CNC(=NC)NCC2(N3CCOCC3)CCCCC2)n1. The maximum absolute atomic E-state index is 5.57. The van der Waals surface area contributed by atoms with Crippen LogP contribution in [0.2, 0.25) is 0 Å². The molecule has 2 aliphatic rings. The van der Waals surface area contributed by atoms with Crippen molar-refractivity contribution in [2.24, 2.45) is 4.99 Å². The molecule has 0 radical (unpaired) electrons. The molecule has 1 aliphatic heterocycles. The summed E-state index contributed by atoms with van der Waals surface area (Å²) in [5.74, 6) is 1.84. The van der Waals surface area contributed by atoms with Crippen molar-refractivity contribution in [3.05, 3.63) is 11.7 Å². The van der Waals surface area contributed by atoms with E-state index in [1.807, 2.05) is 13.8 Å². The van der Waals surface area contributed by atoms with Crippen molar-refractivity contribution in [3.8, 4) is 0 Å². The van der Waals surface area contributed by atoms with Crippen LogP contribution in [-0.2, 0) is 16.0 Å². The third-order valence-corrected chi connectivity index (χ3v) is 5.95. The molecule has 2 N–H and O–H groups in total. The van der Waals surface area contributed by atoms with Crippen molar-refractivity contribution in [1.29, 1.82) is 0 Å². The molecule has 1 saturated carbocycles. The second-order valence-corrected chi connectivity index (χ2v) is 7.81. The maximum atomic E-state index is 5.57. The Balaban J connectivity index is 1.53. The van der Waals surface area contributed by atoms with Gasteiger partial charge < -0.3 is 24.6 Å². The molecule has 2 heterocycles. The van der Waals surface area contributed by atoms with Crippen LogP contribution in [0.5, 0.6) is 0 Å². The fraction of sp³-hybridized carbons (Fsp3) is 0.850. The van der Waals surface area contributed by atoms with Crippen LogP contribution < -0.4 is 10.6 Å². The minimum Gasteiger partial charge on any atom is -0.379 e. The first kappa shape index (κ1) is 22.0. The number of nitrogens with zero attached hydrogens (tertiary/aromatic N) is 4. The van der Waals surface area contributed by atoms with Gasteiger partial charge in [0.25, 0.3) is 0 Å². The number of rotatable bonds is 8. The molecule has 1 aromatic heterocycles. The Bertz CT molecular complexity index is 638. The van der Waals surface area contributed by atoms with Crippen LogP contribution in [0.1, 0.15) is 63.8 Å². The molecule has 29 heavy (non-hydrogen) atoms. The molecule has 1 aliphatic carbocycles. The van der Waals surface area contributed by atoms with Crippen LogP contribution in [0.15, 0.2) is 9.52 Å². The summed E-state index contributed by atoms with van der Waals surface area (Å²) in [6.45, 7) is 9.46. The van der Waals surface area contributed by atoms with E-state index in [-0.39, 0.29) is 11.6 Å². The van der Waals surface area contributed by atoms with E-state index >= 15 is 0 Å². The highest BCUT2D eigenvalue weighted by atomic mass is 16.5. The van der Waals surface area contributed by atoms with E-state index in [4.69, 9.17) is 14.0 Å². The quantitative estimate of drug-likeness (QED) is 0.497. The molecule has 2 fully saturated rings. The highest BCUT2D eigenvalue weighted by molar-refractivity contribution is 5.79. The van der Waals surface area contributed by atoms with Gasteiger partial charge in [-0.1, -0.05) is 24.4 Å². The van der Waals surface area contributed by atoms with Gasteiger partial charge in [-0.05, 0) is 26.7 Å². The van der Waals surface area contributed by atoms with E-state index in [0.717, 1.165) is 38.8 Å². The number of aliphatic imine (C=N–C) groups is 1. The molecule has 0 bridgehead atoms. The minimum absolute atomic E-state index is 0.172. The largest absolute Gasteiger partial charge is 0.379 e. The summed E-state index contributed by atoms with van der Waals surface area (Å²) in [7, 11) is 1.79. The molecular weight excluding hydrogens is 372 g/mol. The van der Waals surface area contributed by atoms with Crippen LogP contribution >= 0.6 is 0 Å². The van der Waals surface area contributed by atoms with Crippen molar-refractivity contribution >= 4 is 5.96 Å². The Hall–Kier alpha value is -1.71. The Morgan fingerprint density at radius 3 is 2.69 bits per heavy atom. The molecule has 3 rings (SSSR count). The number of nitrogens with one attached hydrogen (secondary N) is 2. The topological polar surface area (TPSA) is 97.0 Å². The van der Waals surface area contributed by atoms with Gasteiger partial charge >= 0.3 is 0 Å². The summed E-state index contributed by atoms with van der Waals surface area (Å²) in [4.78, 5) is 11.4. The lowest BCUT2D eigenvalue weighted by atomic mass is 9.80. The highest BCUT2D eigenvalue weighted by Gasteiger charge is 2.38. The zero-order valence-corrected chi connectivity index (χ0v) is 18.1. The molecule has 1 unspecified atom stereocenters. The number of hydrogen-bond acceptors (Lipinski definition) is 7. The first-order chi connectivity index (χ1) is 14.2. The molecular formula is C20H36N6O3. The molecule has 0 amide bonds. The van der Waals surface area contributed by atoms with Gasteiger partial charge in [-0.15, -0.1) is 0 Å². The molecule has 9 nitrogen and oxygen atoms in total. The van der Waals surface area contributed by atoms with Crippen LogP contribution in [0.4, 0.5) is 0 Å². The Labute approximate surface area is 173 Å². The molecule has 1 saturated heterocycles. The number of morpholine rings is 1. The first-order valence-electron chi connectivity index (χ1n) is 10.9. The first-order valence-corrected chi connectivity index (χ1v) is 10.9. The van der Waals surface area contributed by atoms with Crippen molar-refractivity contribution in [2.45, 2.75) is 64.1 Å². The van der Waals surface area contributed by atoms with Crippen LogP contribution in [0.3, 0.4) is 0 Å². The average Bonchev–Trinajstić information content (AvgIpc) is 3.24. The number of guanidine groups is 1. The second-order valence-electron chi connectivity index (χ2n) is 7.81. The average molecular weight is 409 g/mol. The molecule has 9 heteroatoms. The van der Waals surface area contributed by atoms with Crippen LogP contribution in [-0.4, -0.2) is 73.0 Å². The standard InChI is InChI=1S/C20H36N6O3/c1-4-28-16(2)18-24-17(29-25-18)14-22-19(21-3)23-15-20(8-6-5-7-9-20)26-10-12-27-13-11-26/h16H,4-15H2,1-3H3,(H2,21,22,23). The lowest BCUT2D eigenvalue weighted by Gasteiger charge is -2.48. The van der Waals surface area contributed by atoms with Gasteiger partial charge in [-0.3, -0.25) is 9.89 Å². The van der Waals surface area contributed by atoms with Crippen molar-refractivity contribution in [2.75, 3.05) is 46.5 Å². The second kappa shape index (κ2) is 10.9. The zero-order chi connectivity index (χ0) is 20.5. The third kappa shape index (κ3) is 5.90. The van der Waals surface area contributed by atoms with Gasteiger partial charge in [0, 0.05) is 38.8 Å². The molecule has 1 aromatic rings. The van der Waals surface area contributed by atoms with Crippen molar-refractivity contribution in [1.82, 2.24) is 25.7 Å². The van der Waals surface area contributed by atoms with Crippen LogP contribution in [0.25, 0.3) is 0 Å². The normalized spacial score (nSPS) is 21.7. The van der Waals surface area contributed by atoms with E-state index in [1.54, 1.807) is 7.05 Å². The smallest absolute Gasteiger partial charge is 0.246 e. The van der Waals surface area contributed by atoms with Crippen LogP contribution in [0, 0.1) is 0 Å². The van der Waals surface area contributed by atoms with E-state index in [2.05, 4.69) is 30.7 Å². The predicted molar refractivity (Wildman–Crippen MR) is 111 cm³/mol. The fourth-order valence-electron chi connectivity index (χ4n) is 4.31. The van der Waals surface area contributed by atoms with Gasteiger partial charge in [-0.25, -0.2) is 0 Å². The number of ether oxygens (including phenoxy) is 2. The molecule has 164 valence electrons. The van der Waals surface area contributed by atoms with Gasteiger partial charge in [0.05, 0.1) is 19.8 Å². The Kier molecular flexibility index (Phi) is 8.26. The summed E-state index contributed by atoms with van der Waals surface area (Å²) in [6, 6.07) is 0. The van der Waals surface area contributed by atoms with Gasteiger partial charge in [0.1, 0.15) is 6.10 Å². The summed E-state index contributed by atoms with van der Waals surface area (Å²) in [5.41, 5.74) is 0.185. The predicted octanol–water partition coefficient (Wildman–Crippen LogP) is 1.87. The van der Waals surface area contributed by atoms with Gasteiger partial charge in [-0.2, -0.15) is 4.98 Å². The lowest BCUT2D eigenvalue weighted by molar-refractivity contribution is -0.0352. The molecule has 0 spiro atoms. The fourth-order valence-corrected chi connectivity index (χ4v) is 4.31. The van der Waals surface area contributed by atoms with Crippen molar-refractivity contribution in [3.63, 3.8) is 0 Å². The highest BCUT2D eigenvalue weighted by Crippen LogP contribution is 2.33. The van der Waals surface area contributed by atoms with E-state index in [9.17, 15) is 0 Å². The van der Waals surface area contributed by atoms with E-state index < -0.39 is 0 Å². The van der Waals surface area contributed by atoms with E-state index in [0.29, 0.717) is 24.9 Å². The van der Waals surface area contributed by atoms with Gasteiger partial charge in [0.15, 0.2) is 11.8 Å². The maximum Gasteiger partial charge on any atom is 0.246 e. The Morgan fingerprint density at radius 2 is 2.00 bits per heavy atom. The molecule has 0 aromatic carbocycles. The lowest BCUT2D eigenvalue weighted by Crippen LogP contribution is -2.60. The third-order valence-electron chi connectivity index (χ3n) is 5.95. The molecule has 1 atom stereocenters. The number of aromatic nitrogens is 2. The summed E-state index contributed by atoms with van der Waals surface area (Å²) >= 11 is 0. The minimum atomic E-state index is -0.172. The van der Waals surface area contributed by atoms with Crippen molar-refractivity contribution < 1.29 is 14.0 Å². The monoisotopic (exact) mass is 408 g/mol. The summed E-state index contributed by atoms with van der Waals surface area (Å²) < 4.78 is 16.4. The van der Waals surface area contributed by atoms with Gasteiger partial charge in [0.2, 0.25) is 5.89 Å². The number of hydrogen-bond donors (Lipinski definition) is 2. The van der Waals surface area contributed by atoms with E-state index in [1.165, 1.54) is 32.1 Å². The summed E-state index contributed by atoms with van der Waals surface area (Å²) in [5, 5.41) is 10.8. The zero-order valence-electron chi connectivity index (χ0n) is 18.1.